The highest BCUT2D eigenvalue weighted by Crippen LogP contribution is 2.40. The number of likely N-dealkylation sites (tertiary alicyclic amines) is 1. The molecule has 2 aliphatic rings. The van der Waals surface area contributed by atoms with Crippen molar-refractivity contribution < 1.29 is 0 Å². The van der Waals surface area contributed by atoms with Crippen LogP contribution < -0.4 is 5.73 Å². The molecular formula is C15H30N2S. The van der Waals surface area contributed by atoms with Crippen molar-refractivity contribution >= 4 is 11.8 Å². The third-order valence-corrected chi connectivity index (χ3v) is 6.81. The van der Waals surface area contributed by atoms with Gasteiger partial charge in [-0.05, 0) is 56.4 Å². The van der Waals surface area contributed by atoms with Gasteiger partial charge in [-0.1, -0.05) is 20.8 Å². The first-order chi connectivity index (χ1) is 8.60. The summed E-state index contributed by atoms with van der Waals surface area (Å²) < 4.78 is 0. The molecule has 2 fully saturated rings. The molecule has 0 aromatic heterocycles. The van der Waals surface area contributed by atoms with E-state index in [1.807, 2.05) is 0 Å². The molecule has 0 saturated carbocycles. The summed E-state index contributed by atoms with van der Waals surface area (Å²) in [5.74, 6) is 3.10. The van der Waals surface area contributed by atoms with Crippen molar-refractivity contribution in [3.63, 3.8) is 0 Å². The van der Waals surface area contributed by atoms with Crippen LogP contribution in [0.5, 0.6) is 0 Å². The molecule has 2 N–H and O–H groups in total. The molecule has 106 valence electrons. The van der Waals surface area contributed by atoms with Crippen LogP contribution in [0.15, 0.2) is 0 Å². The van der Waals surface area contributed by atoms with Crippen LogP contribution in [0.25, 0.3) is 0 Å². The van der Waals surface area contributed by atoms with E-state index in [9.17, 15) is 0 Å². The SMILES string of the molecule is CC(C)C1CCN(C2(CN)CCCSC2C)CC1. The molecule has 0 radical (unpaired) electrons. The van der Waals surface area contributed by atoms with E-state index >= 15 is 0 Å². The lowest BCUT2D eigenvalue weighted by atomic mass is 9.81. The first-order valence-electron chi connectivity index (χ1n) is 7.67. The molecule has 0 amide bonds. The van der Waals surface area contributed by atoms with E-state index in [4.69, 9.17) is 5.73 Å². The lowest BCUT2D eigenvalue weighted by molar-refractivity contribution is 0.0378. The largest absolute Gasteiger partial charge is 0.329 e. The standard InChI is InChI=1S/C15H30N2S/c1-12(2)14-5-8-17(9-6-14)15(11-16)7-4-10-18-13(15)3/h12-14H,4-11,16H2,1-3H3. The molecule has 0 aromatic rings. The van der Waals surface area contributed by atoms with Gasteiger partial charge in [0.2, 0.25) is 0 Å². The summed E-state index contributed by atoms with van der Waals surface area (Å²) in [6, 6.07) is 0. The third kappa shape index (κ3) is 2.73. The van der Waals surface area contributed by atoms with Crippen molar-refractivity contribution in [1.29, 1.82) is 0 Å². The summed E-state index contributed by atoms with van der Waals surface area (Å²) in [4.78, 5) is 2.74. The third-order valence-electron chi connectivity index (χ3n) is 5.34. The Hall–Kier alpha value is 0.270. The van der Waals surface area contributed by atoms with Crippen LogP contribution in [0.2, 0.25) is 0 Å². The first-order valence-corrected chi connectivity index (χ1v) is 8.72. The van der Waals surface area contributed by atoms with Crippen LogP contribution in [0.3, 0.4) is 0 Å². The van der Waals surface area contributed by atoms with Gasteiger partial charge in [-0.25, -0.2) is 0 Å². The van der Waals surface area contributed by atoms with E-state index in [1.165, 1.54) is 44.5 Å². The Labute approximate surface area is 117 Å². The number of piperidine rings is 1. The van der Waals surface area contributed by atoms with Gasteiger partial charge in [0, 0.05) is 17.3 Å². The summed E-state index contributed by atoms with van der Waals surface area (Å²) >= 11 is 2.13. The Balaban J connectivity index is 2.01. The fourth-order valence-corrected chi connectivity index (χ4v) is 5.16. The highest BCUT2D eigenvalue weighted by molar-refractivity contribution is 8.00. The first kappa shape index (κ1) is 14.7. The molecule has 2 aliphatic heterocycles. The molecule has 2 rings (SSSR count). The van der Waals surface area contributed by atoms with Gasteiger partial charge in [0.25, 0.3) is 0 Å². The van der Waals surface area contributed by atoms with E-state index in [2.05, 4.69) is 37.4 Å². The number of nitrogens with zero attached hydrogens (tertiary/aromatic N) is 1. The number of rotatable bonds is 3. The summed E-state index contributed by atoms with van der Waals surface area (Å²) in [7, 11) is 0. The van der Waals surface area contributed by atoms with Crippen molar-refractivity contribution in [1.82, 2.24) is 4.90 Å². The maximum Gasteiger partial charge on any atom is 0.0447 e. The molecule has 2 unspecified atom stereocenters. The van der Waals surface area contributed by atoms with Crippen LogP contribution in [-0.2, 0) is 0 Å². The smallest absolute Gasteiger partial charge is 0.0447 e. The number of nitrogens with two attached hydrogens (primary N) is 1. The van der Waals surface area contributed by atoms with E-state index in [0.29, 0.717) is 10.8 Å². The molecule has 2 saturated heterocycles. The summed E-state index contributed by atoms with van der Waals surface area (Å²) in [5.41, 5.74) is 6.50. The molecule has 3 heteroatoms. The second-order valence-corrected chi connectivity index (χ2v) is 7.94. The topological polar surface area (TPSA) is 29.3 Å². The van der Waals surface area contributed by atoms with Crippen LogP contribution in [0.1, 0.15) is 46.5 Å². The molecule has 0 aromatic carbocycles. The van der Waals surface area contributed by atoms with Gasteiger partial charge < -0.3 is 5.73 Å². The quantitative estimate of drug-likeness (QED) is 0.855. The van der Waals surface area contributed by atoms with Crippen molar-refractivity contribution in [3.8, 4) is 0 Å². The minimum atomic E-state index is 0.296. The Bertz CT molecular complexity index is 261. The number of hydrogen-bond acceptors (Lipinski definition) is 3. The van der Waals surface area contributed by atoms with Gasteiger partial charge in [-0.15, -0.1) is 0 Å². The Morgan fingerprint density at radius 3 is 2.50 bits per heavy atom. The fourth-order valence-electron chi connectivity index (χ4n) is 3.82. The zero-order chi connectivity index (χ0) is 13.2. The number of hydrogen-bond donors (Lipinski definition) is 1. The summed E-state index contributed by atoms with van der Waals surface area (Å²) in [5, 5.41) is 0.701. The molecular weight excluding hydrogens is 240 g/mol. The van der Waals surface area contributed by atoms with E-state index < -0.39 is 0 Å². The Kier molecular flexibility index (Phi) is 5.01. The maximum absolute atomic E-state index is 6.20. The van der Waals surface area contributed by atoms with Crippen molar-refractivity contribution in [2.75, 3.05) is 25.4 Å². The van der Waals surface area contributed by atoms with Crippen molar-refractivity contribution in [2.45, 2.75) is 57.2 Å². The fraction of sp³-hybridized carbons (Fsp3) is 1.00. The highest BCUT2D eigenvalue weighted by atomic mass is 32.2. The molecule has 0 bridgehead atoms. The minimum absolute atomic E-state index is 0.296. The molecule has 2 heterocycles. The van der Waals surface area contributed by atoms with E-state index in [1.54, 1.807) is 0 Å². The van der Waals surface area contributed by atoms with Gasteiger partial charge in [0.1, 0.15) is 0 Å². The molecule has 18 heavy (non-hydrogen) atoms. The Morgan fingerprint density at radius 2 is 2.00 bits per heavy atom. The van der Waals surface area contributed by atoms with Gasteiger partial charge in [0.15, 0.2) is 0 Å². The average molecular weight is 270 g/mol. The molecule has 0 spiro atoms. The maximum atomic E-state index is 6.20. The normalized spacial score (nSPS) is 36.2. The van der Waals surface area contributed by atoms with Crippen LogP contribution in [-0.4, -0.2) is 41.1 Å². The van der Waals surface area contributed by atoms with Crippen LogP contribution in [0.4, 0.5) is 0 Å². The zero-order valence-electron chi connectivity index (χ0n) is 12.3. The van der Waals surface area contributed by atoms with Gasteiger partial charge >= 0.3 is 0 Å². The molecule has 2 nitrogen and oxygen atoms in total. The molecule has 0 aliphatic carbocycles. The van der Waals surface area contributed by atoms with Crippen molar-refractivity contribution in [3.05, 3.63) is 0 Å². The predicted molar refractivity (Wildman–Crippen MR) is 82.1 cm³/mol. The lowest BCUT2D eigenvalue weighted by Gasteiger charge is -2.52. The van der Waals surface area contributed by atoms with Gasteiger partial charge in [0.05, 0.1) is 0 Å². The second-order valence-electron chi connectivity index (χ2n) is 6.49. The zero-order valence-corrected chi connectivity index (χ0v) is 13.1. The van der Waals surface area contributed by atoms with Crippen LogP contribution >= 0.6 is 11.8 Å². The minimum Gasteiger partial charge on any atom is -0.329 e. The molecule has 2 atom stereocenters. The van der Waals surface area contributed by atoms with Crippen molar-refractivity contribution in [2.24, 2.45) is 17.6 Å². The van der Waals surface area contributed by atoms with Crippen LogP contribution in [0, 0.1) is 11.8 Å². The predicted octanol–water partition coefficient (Wildman–Crippen LogP) is 2.97. The Morgan fingerprint density at radius 1 is 1.33 bits per heavy atom. The summed E-state index contributed by atoms with van der Waals surface area (Å²) in [6.45, 7) is 10.5. The van der Waals surface area contributed by atoms with Gasteiger partial charge in [-0.2, -0.15) is 11.8 Å². The highest BCUT2D eigenvalue weighted by Gasteiger charge is 2.43. The number of thioether (sulfide) groups is 1. The van der Waals surface area contributed by atoms with Gasteiger partial charge in [-0.3, -0.25) is 4.90 Å². The average Bonchev–Trinajstić information content (AvgIpc) is 2.40. The van der Waals surface area contributed by atoms with E-state index in [-0.39, 0.29) is 0 Å². The lowest BCUT2D eigenvalue weighted by Crippen LogP contribution is -2.62. The van der Waals surface area contributed by atoms with E-state index in [0.717, 1.165) is 18.4 Å². The second kappa shape index (κ2) is 6.15. The summed E-state index contributed by atoms with van der Waals surface area (Å²) in [6.07, 6.45) is 5.40. The monoisotopic (exact) mass is 270 g/mol.